The Balaban J connectivity index is 2.74. The molecule has 6 heteroatoms. The van der Waals surface area contributed by atoms with Crippen LogP contribution in [0, 0.1) is 0 Å². The Morgan fingerprint density at radius 3 is 2.75 bits per heavy atom. The van der Waals surface area contributed by atoms with E-state index in [9.17, 15) is 9.59 Å². The average Bonchev–Trinajstić information content (AvgIpc) is 2.69. The normalized spacial score (nSPS) is 12.1. The maximum absolute atomic E-state index is 12.0. The van der Waals surface area contributed by atoms with E-state index in [4.69, 9.17) is 5.11 Å². The summed E-state index contributed by atoms with van der Waals surface area (Å²) in [6.07, 6.45) is 1.46. The Kier molecular flexibility index (Phi) is 4.42. The molecule has 0 saturated heterocycles. The second-order valence-corrected chi connectivity index (χ2v) is 4.29. The summed E-state index contributed by atoms with van der Waals surface area (Å²) in [6.45, 7) is 4.05. The van der Waals surface area contributed by atoms with Crippen LogP contribution in [0.2, 0.25) is 0 Å². The third kappa shape index (κ3) is 3.03. The topological polar surface area (TPSA) is 70.5 Å². The lowest BCUT2D eigenvalue weighted by atomic mass is 10.2. The zero-order valence-corrected chi connectivity index (χ0v) is 10.0. The number of rotatable bonds is 5. The van der Waals surface area contributed by atoms with E-state index in [1.807, 2.05) is 6.92 Å². The molecule has 0 fully saturated rings. The zero-order valence-electron chi connectivity index (χ0n) is 9.21. The first-order valence-corrected chi connectivity index (χ1v) is 5.85. The minimum absolute atomic E-state index is 0.0433. The molecule has 1 aromatic heterocycles. The van der Waals surface area contributed by atoms with E-state index in [0.29, 0.717) is 11.4 Å². The molecular formula is C10H14N2O3S. The van der Waals surface area contributed by atoms with E-state index in [1.165, 1.54) is 17.5 Å². The van der Waals surface area contributed by atoms with Crippen LogP contribution in [-0.2, 0) is 4.79 Å². The summed E-state index contributed by atoms with van der Waals surface area (Å²) >= 11 is 1.26. The van der Waals surface area contributed by atoms with Crippen molar-refractivity contribution in [3.8, 4) is 0 Å². The van der Waals surface area contributed by atoms with E-state index in [-0.39, 0.29) is 18.4 Å². The SMILES string of the molecule is CCN(C(=O)c1cncs1)C(C)CC(=O)O. The van der Waals surface area contributed by atoms with Crippen molar-refractivity contribution in [2.45, 2.75) is 26.3 Å². The molecule has 1 rings (SSSR count). The first kappa shape index (κ1) is 12.6. The fourth-order valence-corrected chi connectivity index (χ4v) is 2.06. The van der Waals surface area contributed by atoms with Crippen LogP contribution in [0.3, 0.4) is 0 Å². The van der Waals surface area contributed by atoms with E-state index >= 15 is 0 Å². The summed E-state index contributed by atoms with van der Waals surface area (Å²) in [6, 6.07) is -0.308. The lowest BCUT2D eigenvalue weighted by molar-refractivity contribution is -0.138. The molecule has 16 heavy (non-hydrogen) atoms. The molecule has 0 spiro atoms. The fraction of sp³-hybridized carbons (Fsp3) is 0.500. The van der Waals surface area contributed by atoms with Gasteiger partial charge in [-0.1, -0.05) is 0 Å². The highest BCUT2D eigenvalue weighted by molar-refractivity contribution is 7.11. The number of thiazole rings is 1. The summed E-state index contributed by atoms with van der Waals surface area (Å²) in [7, 11) is 0. The van der Waals surface area contributed by atoms with E-state index in [1.54, 1.807) is 17.3 Å². The van der Waals surface area contributed by atoms with Gasteiger partial charge in [-0.3, -0.25) is 14.6 Å². The van der Waals surface area contributed by atoms with Gasteiger partial charge in [0.25, 0.3) is 5.91 Å². The van der Waals surface area contributed by atoms with Crippen LogP contribution >= 0.6 is 11.3 Å². The van der Waals surface area contributed by atoms with Crippen LogP contribution in [0.25, 0.3) is 0 Å². The van der Waals surface area contributed by atoms with Crippen LogP contribution in [0.5, 0.6) is 0 Å². The third-order valence-electron chi connectivity index (χ3n) is 2.25. The van der Waals surface area contributed by atoms with Crippen molar-refractivity contribution in [3.05, 3.63) is 16.6 Å². The molecule has 0 aliphatic heterocycles. The molecule has 0 radical (unpaired) electrons. The van der Waals surface area contributed by atoms with Crippen LogP contribution < -0.4 is 0 Å². The van der Waals surface area contributed by atoms with Crippen LogP contribution in [0.15, 0.2) is 11.7 Å². The Bertz CT molecular complexity index is 364. The summed E-state index contributed by atoms with van der Waals surface area (Å²) in [5, 5.41) is 8.69. The van der Waals surface area contributed by atoms with Crippen molar-refractivity contribution in [1.82, 2.24) is 9.88 Å². The number of amides is 1. The quantitative estimate of drug-likeness (QED) is 0.848. The smallest absolute Gasteiger partial charge is 0.305 e. The fourth-order valence-electron chi connectivity index (χ4n) is 1.48. The third-order valence-corrected chi connectivity index (χ3v) is 3.01. The van der Waals surface area contributed by atoms with Gasteiger partial charge in [0, 0.05) is 12.6 Å². The van der Waals surface area contributed by atoms with Gasteiger partial charge in [-0.2, -0.15) is 0 Å². The molecule has 1 unspecified atom stereocenters. The zero-order chi connectivity index (χ0) is 12.1. The van der Waals surface area contributed by atoms with Crippen LogP contribution in [0.4, 0.5) is 0 Å². The second kappa shape index (κ2) is 5.60. The maximum atomic E-state index is 12.0. The number of hydrogen-bond acceptors (Lipinski definition) is 4. The molecule has 1 aromatic rings. The molecule has 0 aromatic carbocycles. The van der Waals surface area contributed by atoms with Crippen LogP contribution in [-0.4, -0.2) is 39.5 Å². The molecule has 1 atom stereocenters. The summed E-state index contributed by atoms with van der Waals surface area (Å²) < 4.78 is 0. The van der Waals surface area contributed by atoms with Gasteiger partial charge in [-0.25, -0.2) is 0 Å². The Morgan fingerprint density at radius 1 is 1.62 bits per heavy atom. The average molecular weight is 242 g/mol. The summed E-state index contributed by atoms with van der Waals surface area (Å²) in [5.41, 5.74) is 1.59. The number of hydrogen-bond donors (Lipinski definition) is 1. The maximum Gasteiger partial charge on any atom is 0.305 e. The van der Waals surface area contributed by atoms with Gasteiger partial charge in [-0.15, -0.1) is 11.3 Å². The monoisotopic (exact) mass is 242 g/mol. The van der Waals surface area contributed by atoms with Gasteiger partial charge in [0.1, 0.15) is 4.88 Å². The second-order valence-electron chi connectivity index (χ2n) is 3.40. The molecule has 0 saturated carbocycles. The molecule has 1 amide bonds. The Hall–Kier alpha value is -1.43. The van der Waals surface area contributed by atoms with E-state index in [0.717, 1.165) is 0 Å². The number of nitrogens with zero attached hydrogens (tertiary/aromatic N) is 2. The first-order chi connectivity index (χ1) is 7.56. The minimum atomic E-state index is -0.900. The number of aliphatic carboxylic acids is 1. The first-order valence-electron chi connectivity index (χ1n) is 4.97. The molecule has 5 nitrogen and oxygen atoms in total. The van der Waals surface area contributed by atoms with Crippen LogP contribution in [0.1, 0.15) is 29.9 Å². The standard InChI is InChI=1S/C10H14N2O3S/c1-3-12(7(2)4-9(13)14)10(15)8-5-11-6-16-8/h5-7H,3-4H2,1-2H3,(H,13,14). The lowest BCUT2D eigenvalue weighted by Crippen LogP contribution is -2.39. The number of carboxylic acids is 1. The van der Waals surface area contributed by atoms with Crippen molar-refractivity contribution in [2.24, 2.45) is 0 Å². The summed E-state index contributed by atoms with van der Waals surface area (Å²) in [5.74, 6) is -1.05. The Labute approximate surface area is 97.7 Å². The van der Waals surface area contributed by atoms with Gasteiger partial charge in [-0.05, 0) is 13.8 Å². The van der Waals surface area contributed by atoms with Crippen molar-refractivity contribution < 1.29 is 14.7 Å². The highest BCUT2D eigenvalue weighted by atomic mass is 32.1. The predicted octanol–water partition coefficient (Wildman–Crippen LogP) is 1.47. The minimum Gasteiger partial charge on any atom is -0.481 e. The van der Waals surface area contributed by atoms with Gasteiger partial charge >= 0.3 is 5.97 Å². The molecule has 0 bridgehead atoms. The number of carbonyl (C=O) groups excluding carboxylic acids is 1. The highest BCUT2D eigenvalue weighted by Crippen LogP contribution is 2.13. The molecular weight excluding hydrogens is 228 g/mol. The number of carboxylic acid groups (broad SMARTS) is 1. The largest absolute Gasteiger partial charge is 0.481 e. The van der Waals surface area contributed by atoms with Gasteiger partial charge in [0.2, 0.25) is 0 Å². The molecule has 1 heterocycles. The molecule has 88 valence electrons. The van der Waals surface area contributed by atoms with Gasteiger partial charge < -0.3 is 10.0 Å². The van der Waals surface area contributed by atoms with Crippen molar-refractivity contribution in [1.29, 1.82) is 0 Å². The highest BCUT2D eigenvalue weighted by Gasteiger charge is 2.22. The van der Waals surface area contributed by atoms with Crippen molar-refractivity contribution in [2.75, 3.05) is 6.54 Å². The van der Waals surface area contributed by atoms with Crippen molar-refractivity contribution in [3.63, 3.8) is 0 Å². The van der Waals surface area contributed by atoms with Gasteiger partial charge in [0.15, 0.2) is 0 Å². The number of aromatic nitrogens is 1. The predicted molar refractivity (Wildman–Crippen MR) is 60.5 cm³/mol. The van der Waals surface area contributed by atoms with Crippen molar-refractivity contribution >= 4 is 23.2 Å². The molecule has 0 aliphatic rings. The molecule has 1 N–H and O–H groups in total. The van der Waals surface area contributed by atoms with E-state index < -0.39 is 5.97 Å². The Morgan fingerprint density at radius 2 is 2.31 bits per heavy atom. The van der Waals surface area contributed by atoms with E-state index in [2.05, 4.69) is 4.98 Å². The van der Waals surface area contributed by atoms with Gasteiger partial charge in [0.05, 0.1) is 18.1 Å². The lowest BCUT2D eigenvalue weighted by Gasteiger charge is -2.26. The summed E-state index contributed by atoms with van der Waals surface area (Å²) in [4.78, 5) is 28.5. The number of carbonyl (C=O) groups is 2. The molecule has 0 aliphatic carbocycles.